The summed E-state index contributed by atoms with van der Waals surface area (Å²) in [7, 11) is 3.14. The smallest absolute Gasteiger partial charge is 0.228 e. The van der Waals surface area contributed by atoms with Crippen LogP contribution in [0.5, 0.6) is 0 Å². The topological polar surface area (TPSA) is 71.1 Å². The molecule has 1 spiro atoms. The van der Waals surface area contributed by atoms with Crippen LogP contribution < -0.4 is 4.90 Å². The lowest BCUT2D eigenvalue weighted by Crippen LogP contribution is -2.47. The zero-order valence-electron chi connectivity index (χ0n) is 20.5. The standard InChI is InChI=1S/C25H34ClFN4O4/c1-33-23(34-2)15-22(32)31-16-25(31)6-3-17(4-7-25)5-8-29-9-11-30(12-10-29)24-18-13-19(26)20(27)14-21(18)35-28-24/h13-14,17,23H,3-12,15-16H2,1-2H3. The van der Waals surface area contributed by atoms with Gasteiger partial charge in [-0.25, -0.2) is 4.39 Å². The number of anilines is 1. The molecule has 5 rings (SSSR count). The molecule has 3 fully saturated rings. The molecule has 0 N–H and O–H groups in total. The molecule has 8 nitrogen and oxygen atoms in total. The van der Waals surface area contributed by atoms with Crippen molar-refractivity contribution >= 4 is 34.3 Å². The van der Waals surface area contributed by atoms with Crippen molar-refractivity contribution in [1.82, 2.24) is 15.0 Å². The molecular formula is C25H34ClFN4O4. The van der Waals surface area contributed by atoms with Gasteiger partial charge in [0, 0.05) is 53.0 Å². The summed E-state index contributed by atoms with van der Waals surface area (Å²) >= 11 is 5.97. The number of benzene rings is 1. The lowest BCUT2D eigenvalue weighted by molar-refractivity contribution is -0.144. The monoisotopic (exact) mass is 508 g/mol. The molecule has 35 heavy (non-hydrogen) atoms. The summed E-state index contributed by atoms with van der Waals surface area (Å²) in [6.45, 7) is 5.60. The Morgan fingerprint density at radius 3 is 2.63 bits per heavy atom. The number of aromatic nitrogens is 1. The van der Waals surface area contributed by atoms with Gasteiger partial charge in [0.15, 0.2) is 17.7 Å². The second kappa shape index (κ2) is 10.2. The summed E-state index contributed by atoms with van der Waals surface area (Å²) in [5, 5.41) is 5.02. The largest absolute Gasteiger partial charge is 0.355 e. The van der Waals surface area contributed by atoms with Crippen LogP contribution >= 0.6 is 11.6 Å². The number of hydrogen-bond acceptors (Lipinski definition) is 7. The number of hydrogen-bond donors (Lipinski definition) is 0. The number of fused-ring (bicyclic) bond motifs is 1. The zero-order valence-corrected chi connectivity index (χ0v) is 21.2. The Morgan fingerprint density at radius 1 is 1.23 bits per heavy atom. The number of carbonyl (C=O) groups is 1. The van der Waals surface area contributed by atoms with E-state index in [0.29, 0.717) is 5.58 Å². The van der Waals surface area contributed by atoms with Crippen LogP contribution in [0.3, 0.4) is 0 Å². The molecule has 0 atom stereocenters. The van der Waals surface area contributed by atoms with Crippen LogP contribution in [-0.4, -0.2) is 86.2 Å². The van der Waals surface area contributed by atoms with Crippen LogP contribution in [0.15, 0.2) is 16.7 Å². The fraction of sp³-hybridized carbons (Fsp3) is 0.680. The van der Waals surface area contributed by atoms with Gasteiger partial charge in [0.05, 0.1) is 22.4 Å². The van der Waals surface area contributed by atoms with Gasteiger partial charge in [0.1, 0.15) is 5.82 Å². The molecular weight excluding hydrogens is 475 g/mol. The van der Waals surface area contributed by atoms with Crippen molar-refractivity contribution in [2.45, 2.75) is 50.4 Å². The minimum Gasteiger partial charge on any atom is -0.355 e. The minimum absolute atomic E-state index is 0.0858. The van der Waals surface area contributed by atoms with Crippen molar-refractivity contribution in [2.75, 3.05) is 58.4 Å². The van der Waals surface area contributed by atoms with E-state index in [9.17, 15) is 9.18 Å². The molecule has 3 aliphatic rings. The van der Waals surface area contributed by atoms with Gasteiger partial charge in [0.2, 0.25) is 5.91 Å². The van der Waals surface area contributed by atoms with Gasteiger partial charge in [-0.05, 0) is 50.6 Å². The molecule has 0 bridgehead atoms. The molecule has 1 aromatic carbocycles. The Morgan fingerprint density at radius 2 is 1.94 bits per heavy atom. The van der Waals surface area contributed by atoms with Crippen molar-refractivity contribution in [2.24, 2.45) is 5.92 Å². The molecule has 10 heteroatoms. The highest BCUT2D eigenvalue weighted by molar-refractivity contribution is 6.31. The van der Waals surface area contributed by atoms with E-state index >= 15 is 0 Å². The molecule has 1 aliphatic carbocycles. The number of carbonyl (C=O) groups excluding carboxylic acids is 1. The number of halogens is 2. The van der Waals surface area contributed by atoms with Crippen molar-refractivity contribution in [3.63, 3.8) is 0 Å². The van der Waals surface area contributed by atoms with Gasteiger partial charge in [-0.1, -0.05) is 16.8 Å². The number of ether oxygens (including phenoxy) is 2. The van der Waals surface area contributed by atoms with Gasteiger partial charge in [0.25, 0.3) is 0 Å². The third kappa shape index (κ3) is 5.14. The van der Waals surface area contributed by atoms with Gasteiger partial charge in [-0.15, -0.1) is 0 Å². The first-order chi connectivity index (χ1) is 16.9. The van der Waals surface area contributed by atoms with Crippen molar-refractivity contribution in [3.05, 3.63) is 23.0 Å². The molecule has 2 aromatic rings. The number of amides is 1. The third-order valence-corrected chi connectivity index (χ3v) is 8.43. The first-order valence-electron chi connectivity index (χ1n) is 12.5. The number of piperazine rings is 1. The maximum atomic E-state index is 13.7. The SMILES string of the molecule is COC(CC(=O)N1CC12CCC(CCN1CCN(c3noc4cc(F)c(Cl)cc34)CC1)CC2)OC. The lowest BCUT2D eigenvalue weighted by Gasteiger charge is -2.36. The maximum Gasteiger partial charge on any atom is 0.228 e. The van der Waals surface area contributed by atoms with Gasteiger partial charge >= 0.3 is 0 Å². The molecule has 0 radical (unpaired) electrons. The molecule has 192 valence electrons. The minimum atomic E-state index is -0.493. The van der Waals surface area contributed by atoms with Crippen LogP contribution in [-0.2, 0) is 14.3 Å². The quantitative estimate of drug-likeness (QED) is 0.395. The summed E-state index contributed by atoms with van der Waals surface area (Å²) in [5.41, 5.74) is 0.518. The van der Waals surface area contributed by atoms with Crippen molar-refractivity contribution < 1.29 is 23.2 Å². The van der Waals surface area contributed by atoms with Crippen molar-refractivity contribution in [3.8, 4) is 0 Å². The molecule has 0 unspecified atom stereocenters. The predicted octanol–water partition coefficient (Wildman–Crippen LogP) is 3.91. The van der Waals surface area contributed by atoms with Gasteiger partial charge < -0.3 is 23.8 Å². The zero-order chi connectivity index (χ0) is 24.6. The summed E-state index contributed by atoms with van der Waals surface area (Å²) < 4.78 is 29.4. The summed E-state index contributed by atoms with van der Waals surface area (Å²) in [5.74, 6) is 1.11. The molecule has 3 heterocycles. The Bertz CT molecular complexity index is 1050. The molecule has 1 amide bonds. The summed E-state index contributed by atoms with van der Waals surface area (Å²) in [6, 6.07) is 2.90. The Kier molecular flexibility index (Phi) is 7.21. The Balaban J connectivity index is 1.05. The number of methoxy groups -OCH3 is 2. The predicted molar refractivity (Wildman–Crippen MR) is 131 cm³/mol. The van der Waals surface area contributed by atoms with Gasteiger partial charge in [-0.3, -0.25) is 9.69 Å². The highest BCUT2D eigenvalue weighted by Gasteiger charge is 2.55. The van der Waals surface area contributed by atoms with Crippen LogP contribution in [0.4, 0.5) is 10.2 Å². The van der Waals surface area contributed by atoms with Crippen LogP contribution in [0.1, 0.15) is 38.5 Å². The molecule has 1 saturated carbocycles. The highest BCUT2D eigenvalue weighted by atomic mass is 35.5. The van der Waals surface area contributed by atoms with E-state index in [1.54, 1.807) is 20.3 Å². The average Bonchev–Trinajstić information content (AvgIpc) is 3.43. The average molecular weight is 509 g/mol. The summed E-state index contributed by atoms with van der Waals surface area (Å²) in [4.78, 5) is 19.3. The Hall–Kier alpha value is -1.94. The van der Waals surface area contributed by atoms with Crippen LogP contribution in [0.2, 0.25) is 5.02 Å². The van der Waals surface area contributed by atoms with Gasteiger partial charge in [-0.2, -0.15) is 0 Å². The van der Waals surface area contributed by atoms with E-state index in [1.807, 2.05) is 4.90 Å². The highest BCUT2D eigenvalue weighted by Crippen LogP contribution is 2.47. The van der Waals surface area contributed by atoms with Crippen molar-refractivity contribution in [1.29, 1.82) is 0 Å². The summed E-state index contributed by atoms with van der Waals surface area (Å²) in [6.07, 6.45) is 5.60. The first kappa shape index (κ1) is 24.7. The second-order valence-corrected chi connectivity index (χ2v) is 10.5. The lowest BCUT2D eigenvalue weighted by atomic mass is 9.80. The number of nitrogens with zero attached hydrogens (tertiary/aromatic N) is 4. The number of rotatable bonds is 8. The molecule has 1 aromatic heterocycles. The molecule has 2 aliphatic heterocycles. The van der Waals surface area contributed by atoms with Crippen LogP contribution in [0.25, 0.3) is 11.0 Å². The van der Waals surface area contributed by atoms with E-state index in [4.69, 9.17) is 25.6 Å². The fourth-order valence-corrected chi connectivity index (χ4v) is 5.92. The van der Waals surface area contributed by atoms with E-state index in [0.717, 1.165) is 69.2 Å². The second-order valence-electron chi connectivity index (χ2n) is 10.1. The third-order valence-electron chi connectivity index (χ3n) is 8.14. The van der Waals surface area contributed by atoms with E-state index in [-0.39, 0.29) is 22.9 Å². The normalized spacial score (nSPS) is 25.2. The first-order valence-corrected chi connectivity index (χ1v) is 12.9. The van der Waals surface area contributed by atoms with E-state index < -0.39 is 12.1 Å². The fourth-order valence-electron chi connectivity index (χ4n) is 5.76. The van der Waals surface area contributed by atoms with E-state index in [2.05, 4.69) is 15.0 Å². The Labute approximate surface area is 210 Å². The van der Waals surface area contributed by atoms with Crippen LogP contribution in [0, 0.1) is 11.7 Å². The molecule has 2 saturated heterocycles. The maximum absolute atomic E-state index is 13.7. The van der Waals surface area contributed by atoms with E-state index in [1.165, 1.54) is 25.3 Å².